The Labute approximate surface area is 216 Å². The molecule has 0 aliphatic heterocycles. The van der Waals surface area contributed by atoms with Gasteiger partial charge in [0.2, 0.25) is 5.16 Å². The molecule has 2 aromatic heterocycles. The minimum absolute atomic E-state index is 0.255. The molecule has 0 aliphatic rings. The number of fused-ring (bicyclic) bond motifs is 1. The summed E-state index contributed by atoms with van der Waals surface area (Å²) >= 11 is 1.38. The summed E-state index contributed by atoms with van der Waals surface area (Å²) in [5, 5.41) is 12.7. The largest absolute Gasteiger partial charge is 0.450 e. The topological polar surface area (TPSA) is 107 Å². The third-order valence-electron chi connectivity index (χ3n) is 5.47. The molecule has 0 fully saturated rings. The number of ether oxygens (including phenoxy) is 1. The van der Waals surface area contributed by atoms with Crippen LogP contribution < -0.4 is 10.9 Å². The number of carbonyl (C=O) groups is 1. The Kier molecular flexibility index (Phi) is 7.23. The van der Waals surface area contributed by atoms with Gasteiger partial charge < -0.3 is 9.15 Å². The maximum Gasteiger partial charge on any atom is 0.411 e. The number of thioether (sulfide) groups is 1. The van der Waals surface area contributed by atoms with Gasteiger partial charge in [0.1, 0.15) is 17.0 Å². The van der Waals surface area contributed by atoms with E-state index in [9.17, 15) is 9.59 Å². The van der Waals surface area contributed by atoms with Crippen molar-refractivity contribution < 1.29 is 13.9 Å². The average Bonchev–Trinajstić information content (AvgIpc) is 2.92. The van der Waals surface area contributed by atoms with Crippen molar-refractivity contribution in [3.63, 3.8) is 0 Å². The molecule has 1 N–H and O–H groups in total. The molecule has 5 rings (SSSR count). The van der Waals surface area contributed by atoms with E-state index in [1.54, 1.807) is 25.1 Å². The number of nitrogens with zero attached hydrogens (tertiary/aromatic N) is 3. The van der Waals surface area contributed by atoms with Gasteiger partial charge in [-0.1, -0.05) is 72.4 Å². The van der Waals surface area contributed by atoms with Crippen molar-refractivity contribution in [2.24, 2.45) is 0 Å². The molecule has 8 nitrogen and oxygen atoms in total. The van der Waals surface area contributed by atoms with Crippen LogP contribution in [0.1, 0.15) is 12.5 Å². The molecule has 0 radical (unpaired) electrons. The number of aromatic nitrogens is 3. The SMILES string of the molecule is CCOC(=O)Nc1ccc2c(CSc3nnc(-c4ccccc4)c(-c4ccccc4)n3)cc(=O)oc2c1. The summed E-state index contributed by atoms with van der Waals surface area (Å²) < 4.78 is 10.3. The second-order valence-corrected chi connectivity index (χ2v) is 8.90. The van der Waals surface area contributed by atoms with Gasteiger partial charge in [-0.05, 0) is 24.6 Å². The van der Waals surface area contributed by atoms with Crippen LogP contribution in [-0.4, -0.2) is 27.9 Å². The Balaban J connectivity index is 1.44. The highest BCUT2D eigenvalue weighted by Gasteiger charge is 2.15. The highest BCUT2D eigenvalue weighted by atomic mass is 32.2. The Bertz CT molecular complexity index is 1610. The van der Waals surface area contributed by atoms with E-state index in [-0.39, 0.29) is 6.61 Å². The van der Waals surface area contributed by atoms with Crippen LogP contribution in [0.4, 0.5) is 10.5 Å². The summed E-state index contributed by atoms with van der Waals surface area (Å²) in [6.45, 7) is 1.98. The Morgan fingerprint density at radius 2 is 1.62 bits per heavy atom. The quantitative estimate of drug-likeness (QED) is 0.205. The second kappa shape index (κ2) is 11.0. The van der Waals surface area contributed by atoms with Crippen LogP contribution in [0.25, 0.3) is 33.5 Å². The molecule has 0 atom stereocenters. The van der Waals surface area contributed by atoms with Crippen molar-refractivity contribution in [1.29, 1.82) is 0 Å². The van der Waals surface area contributed by atoms with Crippen LogP contribution in [0, 0.1) is 0 Å². The monoisotopic (exact) mass is 510 g/mol. The van der Waals surface area contributed by atoms with Crippen LogP contribution in [-0.2, 0) is 10.5 Å². The third-order valence-corrected chi connectivity index (χ3v) is 6.36. The van der Waals surface area contributed by atoms with Gasteiger partial charge >= 0.3 is 11.7 Å². The molecule has 0 spiro atoms. The summed E-state index contributed by atoms with van der Waals surface area (Å²) in [5.41, 5.74) is 4.40. The molecule has 5 aromatic rings. The van der Waals surface area contributed by atoms with Gasteiger partial charge in [0.15, 0.2) is 0 Å². The van der Waals surface area contributed by atoms with E-state index in [2.05, 4.69) is 15.5 Å². The van der Waals surface area contributed by atoms with E-state index in [0.29, 0.717) is 27.9 Å². The fourth-order valence-electron chi connectivity index (χ4n) is 3.81. The fourth-order valence-corrected chi connectivity index (χ4v) is 4.59. The zero-order valence-corrected chi connectivity index (χ0v) is 20.7. The molecule has 0 unspecified atom stereocenters. The summed E-state index contributed by atoms with van der Waals surface area (Å²) in [4.78, 5) is 28.8. The lowest BCUT2D eigenvalue weighted by Gasteiger charge is -2.10. The van der Waals surface area contributed by atoms with Crippen LogP contribution in [0.5, 0.6) is 0 Å². The van der Waals surface area contributed by atoms with Gasteiger partial charge in [-0.15, -0.1) is 10.2 Å². The Hall–Kier alpha value is -4.50. The van der Waals surface area contributed by atoms with Gasteiger partial charge in [-0.2, -0.15) is 0 Å². The van der Waals surface area contributed by atoms with Crippen molar-refractivity contribution >= 4 is 34.5 Å². The van der Waals surface area contributed by atoms with E-state index < -0.39 is 11.7 Å². The molecule has 3 aromatic carbocycles. The maximum atomic E-state index is 12.3. The smallest absolute Gasteiger partial charge is 0.411 e. The first kappa shape index (κ1) is 24.2. The first-order valence-electron chi connectivity index (χ1n) is 11.6. The van der Waals surface area contributed by atoms with Crippen molar-refractivity contribution in [2.75, 3.05) is 11.9 Å². The summed E-state index contributed by atoms with van der Waals surface area (Å²) in [5.74, 6) is 0.424. The summed E-state index contributed by atoms with van der Waals surface area (Å²) in [6.07, 6.45) is -0.575. The highest BCUT2D eigenvalue weighted by Crippen LogP contribution is 2.31. The predicted molar refractivity (Wildman–Crippen MR) is 143 cm³/mol. The first-order valence-corrected chi connectivity index (χ1v) is 12.6. The second-order valence-electron chi connectivity index (χ2n) is 7.96. The third kappa shape index (κ3) is 5.68. The van der Waals surface area contributed by atoms with Gasteiger partial charge in [-0.3, -0.25) is 5.32 Å². The van der Waals surface area contributed by atoms with E-state index in [1.807, 2.05) is 60.7 Å². The van der Waals surface area contributed by atoms with Crippen LogP contribution >= 0.6 is 11.8 Å². The Morgan fingerprint density at radius 1 is 0.919 bits per heavy atom. The lowest BCUT2D eigenvalue weighted by Crippen LogP contribution is -2.13. The molecule has 0 aliphatic carbocycles. The number of nitrogens with one attached hydrogen (secondary N) is 1. The molecule has 0 bridgehead atoms. The van der Waals surface area contributed by atoms with Gasteiger partial charge in [0.25, 0.3) is 0 Å². The molecular formula is C28H22N4O4S. The van der Waals surface area contributed by atoms with Crippen LogP contribution in [0.15, 0.2) is 99.3 Å². The molecule has 1 amide bonds. The number of anilines is 1. The predicted octanol–water partition coefficient (Wildman–Crippen LogP) is 6.17. The fraction of sp³-hybridized carbons (Fsp3) is 0.107. The first-order chi connectivity index (χ1) is 18.1. The van der Waals surface area contributed by atoms with Crippen molar-refractivity contribution in [3.8, 4) is 22.5 Å². The molecule has 37 heavy (non-hydrogen) atoms. The van der Waals surface area contributed by atoms with Crippen molar-refractivity contribution in [2.45, 2.75) is 17.8 Å². The molecule has 2 heterocycles. The lowest BCUT2D eigenvalue weighted by atomic mass is 10.0. The lowest BCUT2D eigenvalue weighted by molar-refractivity contribution is 0.168. The number of hydrogen-bond acceptors (Lipinski definition) is 8. The van der Waals surface area contributed by atoms with E-state index in [1.165, 1.54) is 17.8 Å². The number of hydrogen-bond donors (Lipinski definition) is 1. The summed E-state index contributed by atoms with van der Waals surface area (Å²) in [7, 11) is 0. The van der Waals surface area contributed by atoms with Crippen molar-refractivity contribution in [1.82, 2.24) is 15.2 Å². The number of benzene rings is 3. The minimum atomic E-state index is -0.575. The number of amides is 1. The normalized spacial score (nSPS) is 10.8. The number of rotatable bonds is 7. The van der Waals surface area contributed by atoms with E-state index in [4.69, 9.17) is 14.1 Å². The minimum Gasteiger partial charge on any atom is -0.450 e. The standard InChI is InChI=1S/C28H22N4O4S/c1-2-35-28(34)29-21-13-14-22-20(15-24(33)36-23(22)16-21)17-37-27-30-25(18-9-5-3-6-10-18)26(31-32-27)19-11-7-4-8-12-19/h3-16H,2,17H2,1H3,(H,29,34). The highest BCUT2D eigenvalue weighted by molar-refractivity contribution is 7.98. The molecule has 0 saturated heterocycles. The van der Waals surface area contributed by atoms with E-state index in [0.717, 1.165) is 27.8 Å². The van der Waals surface area contributed by atoms with Crippen LogP contribution in [0.2, 0.25) is 0 Å². The van der Waals surface area contributed by atoms with Gasteiger partial charge in [0, 0.05) is 40.1 Å². The average molecular weight is 511 g/mol. The number of carbonyl (C=O) groups excluding carboxylic acids is 1. The molecule has 184 valence electrons. The van der Waals surface area contributed by atoms with Gasteiger partial charge in [0.05, 0.1) is 6.61 Å². The zero-order chi connectivity index (χ0) is 25.6. The van der Waals surface area contributed by atoms with Gasteiger partial charge in [-0.25, -0.2) is 14.6 Å². The zero-order valence-electron chi connectivity index (χ0n) is 19.9. The molecule has 0 saturated carbocycles. The Morgan fingerprint density at radius 3 is 2.32 bits per heavy atom. The molecular weight excluding hydrogens is 488 g/mol. The van der Waals surface area contributed by atoms with Crippen molar-refractivity contribution in [3.05, 3.63) is 101 Å². The van der Waals surface area contributed by atoms with Crippen LogP contribution in [0.3, 0.4) is 0 Å². The summed E-state index contributed by atoms with van der Waals surface area (Å²) in [6, 6.07) is 26.2. The molecule has 9 heteroatoms. The van der Waals surface area contributed by atoms with E-state index >= 15 is 0 Å². The maximum absolute atomic E-state index is 12.3.